The van der Waals surface area contributed by atoms with Gasteiger partial charge in [-0.3, -0.25) is 9.59 Å². The summed E-state index contributed by atoms with van der Waals surface area (Å²) in [7, 11) is 0. The van der Waals surface area contributed by atoms with Crippen molar-refractivity contribution in [2.75, 3.05) is 6.61 Å². The molecule has 0 N–H and O–H groups in total. The van der Waals surface area contributed by atoms with E-state index in [9.17, 15) is 9.59 Å². The van der Waals surface area contributed by atoms with Gasteiger partial charge in [0.15, 0.2) is 0 Å². The van der Waals surface area contributed by atoms with Gasteiger partial charge in [0, 0.05) is 24.8 Å². The van der Waals surface area contributed by atoms with Crippen molar-refractivity contribution in [3.05, 3.63) is 22.3 Å². The van der Waals surface area contributed by atoms with Crippen LogP contribution in [0.25, 0.3) is 0 Å². The number of unbranched alkanes of at least 4 members (excludes halogenated alkanes) is 7. The fourth-order valence-electron chi connectivity index (χ4n) is 8.12. The molecular weight excluding hydrogens is 685 g/mol. The molecule has 1 aromatic carbocycles. The van der Waals surface area contributed by atoms with Crippen molar-refractivity contribution in [2.45, 2.75) is 242 Å². The zero-order chi connectivity index (χ0) is 41.0. The molecule has 0 fully saturated rings. The maximum absolute atomic E-state index is 13.0. The zero-order valence-corrected chi connectivity index (χ0v) is 38.0. The largest absolute Gasteiger partial charge is 0.487 e. The van der Waals surface area contributed by atoms with E-state index < -0.39 is 5.60 Å². The van der Waals surface area contributed by atoms with E-state index in [0.29, 0.717) is 25.9 Å². The Labute approximate surface area is 339 Å². The minimum Gasteiger partial charge on any atom is -0.487 e. The first-order valence-corrected chi connectivity index (χ1v) is 22.8. The monoisotopic (exact) mass is 771 g/mol. The Morgan fingerprint density at radius 2 is 1.24 bits per heavy atom. The van der Waals surface area contributed by atoms with Crippen molar-refractivity contribution in [1.82, 2.24) is 0 Å². The molecule has 2 rings (SSSR count). The highest BCUT2D eigenvalue weighted by atomic mass is 16.6. The third-order valence-electron chi connectivity index (χ3n) is 12.1. The second kappa shape index (κ2) is 25.3. The van der Waals surface area contributed by atoms with E-state index >= 15 is 0 Å². The molecule has 0 aliphatic carbocycles. The molecule has 0 aromatic heterocycles. The van der Waals surface area contributed by atoms with E-state index in [1.807, 2.05) is 27.7 Å². The van der Waals surface area contributed by atoms with Gasteiger partial charge in [0.25, 0.3) is 0 Å². The Morgan fingerprint density at radius 1 is 0.691 bits per heavy atom. The first-order chi connectivity index (χ1) is 25.9. The number of esters is 2. The molecule has 0 saturated heterocycles. The standard InChI is InChI=1S/C49H86O6/c1-36(2)24-22-26-39(6)28-23-27-38(5)25-18-17-21-32-49(12)33-31-43-42(9)46(40(7)41(8)47(43)55-49)53-44(50)29-19-15-13-14-16-20-30-45(51)54-48(10,11)34-35-52-37(3)4/h36-39H,13-35H2,1-12H3. The van der Waals surface area contributed by atoms with Gasteiger partial charge in [-0.05, 0) is 128 Å². The molecule has 3 atom stereocenters. The molecule has 318 valence electrons. The summed E-state index contributed by atoms with van der Waals surface area (Å²) >= 11 is 0. The Morgan fingerprint density at radius 3 is 1.84 bits per heavy atom. The number of carbonyl (C=O) groups is 2. The quantitative estimate of drug-likeness (QED) is 0.0459. The third kappa shape index (κ3) is 19.8. The topological polar surface area (TPSA) is 71.1 Å². The van der Waals surface area contributed by atoms with Gasteiger partial charge in [0.1, 0.15) is 22.7 Å². The van der Waals surface area contributed by atoms with Gasteiger partial charge in [-0.25, -0.2) is 0 Å². The van der Waals surface area contributed by atoms with Crippen LogP contribution in [0.2, 0.25) is 0 Å². The van der Waals surface area contributed by atoms with E-state index in [4.69, 9.17) is 18.9 Å². The molecule has 6 heteroatoms. The average Bonchev–Trinajstić information content (AvgIpc) is 3.09. The lowest BCUT2D eigenvalue weighted by Gasteiger charge is -2.38. The maximum Gasteiger partial charge on any atom is 0.311 e. The van der Waals surface area contributed by atoms with Crippen molar-refractivity contribution in [2.24, 2.45) is 17.8 Å². The zero-order valence-electron chi connectivity index (χ0n) is 38.0. The Kier molecular flexibility index (Phi) is 22.6. The summed E-state index contributed by atoms with van der Waals surface area (Å²) in [6, 6.07) is 0. The molecular formula is C49H86O6. The van der Waals surface area contributed by atoms with Crippen molar-refractivity contribution in [3.63, 3.8) is 0 Å². The summed E-state index contributed by atoms with van der Waals surface area (Å²) in [5, 5.41) is 0. The Hall–Kier alpha value is -2.08. The average molecular weight is 771 g/mol. The molecule has 1 aliphatic heterocycles. The molecule has 0 spiro atoms. The van der Waals surface area contributed by atoms with Crippen LogP contribution in [0.1, 0.15) is 219 Å². The lowest BCUT2D eigenvalue weighted by Crippen LogP contribution is -2.37. The number of hydrogen-bond acceptors (Lipinski definition) is 6. The molecule has 0 saturated carbocycles. The van der Waals surface area contributed by atoms with Crippen LogP contribution in [0.4, 0.5) is 0 Å². The van der Waals surface area contributed by atoms with Crippen molar-refractivity contribution in [3.8, 4) is 11.5 Å². The number of hydrogen-bond donors (Lipinski definition) is 0. The Bertz CT molecular complexity index is 1260. The molecule has 3 unspecified atom stereocenters. The number of rotatable bonds is 29. The third-order valence-corrected chi connectivity index (χ3v) is 12.1. The molecule has 0 amide bonds. The normalized spacial score (nSPS) is 16.9. The highest BCUT2D eigenvalue weighted by molar-refractivity contribution is 5.74. The van der Waals surface area contributed by atoms with E-state index in [1.54, 1.807) is 0 Å². The lowest BCUT2D eigenvalue weighted by atomic mass is 9.84. The van der Waals surface area contributed by atoms with Crippen molar-refractivity contribution >= 4 is 11.9 Å². The highest BCUT2D eigenvalue weighted by Gasteiger charge is 2.34. The SMILES string of the molecule is Cc1c(C)c2c(c(C)c1OC(=O)CCCCCCCCC(=O)OC(C)(C)CCOC(C)C)CCC(C)(CCCCCC(C)CCCC(C)CCCC(C)C)O2. The summed E-state index contributed by atoms with van der Waals surface area (Å²) in [5.41, 5.74) is 3.73. The molecule has 1 aliphatic rings. The first-order valence-electron chi connectivity index (χ1n) is 22.8. The van der Waals surface area contributed by atoms with Gasteiger partial charge in [-0.1, -0.05) is 111 Å². The summed E-state index contributed by atoms with van der Waals surface area (Å²) in [4.78, 5) is 25.3. The summed E-state index contributed by atoms with van der Waals surface area (Å²) in [6.45, 7) is 26.6. The van der Waals surface area contributed by atoms with Crippen LogP contribution in [-0.4, -0.2) is 35.9 Å². The number of ether oxygens (including phenoxy) is 4. The van der Waals surface area contributed by atoms with Crippen LogP contribution < -0.4 is 9.47 Å². The van der Waals surface area contributed by atoms with Crippen molar-refractivity contribution in [1.29, 1.82) is 0 Å². The molecule has 0 radical (unpaired) electrons. The minimum absolute atomic E-state index is 0.134. The van der Waals surface area contributed by atoms with E-state index in [0.717, 1.165) is 104 Å². The summed E-state index contributed by atoms with van der Waals surface area (Å²) in [6.07, 6.45) is 23.9. The summed E-state index contributed by atoms with van der Waals surface area (Å²) < 4.78 is 24.1. The van der Waals surface area contributed by atoms with E-state index in [2.05, 4.69) is 55.4 Å². The minimum atomic E-state index is -0.506. The molecule has 55 heavy (non-hydrogen) atoms. The second-order valence-corrected chi connectivity index (χ2v) is 19.1. The predicted molar refractivity (Wildman–Crippen MR) is 230 cm³/mol. The lowest BCUT2D eigenvalue weighted by molar-refractivity contribution is -0.158. The predicted octanol–water partition coefficient (Wildman–Crippen LogP) is 14.1. The fourth-order valence-corrected chi connectivity index (χ4v) is 8.12. The molecule has 6 nitrogen and oxygen atoms in total. The van der Waals surface area contributed by atoms with Crippen molar-refractivity contribution < 1.29 is 28.5 Å². The molecule has 1 aromatic rings. The smallest absolute Gasteiger partial charge is 0.311 e. The highest BCUT2D eigenvalue weighted by Crippen LogP contribution is 2.45. The van der Waals surface area contributed by atoms with Crippen LogP contribution in [-0.2, 0) is 25.5 Å². The number of fused-ring (bicyclic) bond motifs is 1. The number of carbonyl (C=O) groups excluding carboxylic acids is 2. The fraction of sp³-hybridized carbons (Fsp3) is 0.837. The van der Waals surface area contributed by atoms with Gasteiger partial charge < -0.3 is 18.9 Å². The number of benzene rings is 1. The van der Waals surface area contributed by atoms with Crippen LogP contribution in [0.15, 0.2) is 0 Å². The Balaban J connectivity index is 1.67. The van der Waals surface area contributed by atoms with Crippen LogP contribution in [0, 0.1) is 38.5 Å². The van der Waals surface area contributed by atoms with Crippen LogP contribution in [0.3, 0.4) is 0 Å². The maximum atomic E-state index is 13.0. The first kappa shape index (κ1) is 49.1. The van der Waals surface area contributed by atoms with Gasteiger partial charge in [0.2, 0.25) is 0 Å². The van der Waals surface area contributed by atoms with Crippen LogP contribution in [0.5, 0.6) is 11.5 Å². The van der Waals surface area contributed by atoms with Gasteiger partial charge in [-0.2, -0.15) is 0 Å². The van der Waals surface area contributed by atoms with E-state index in [1.165, 1.54) is 69.8 Å². The molecule has 1 heterocycles. The van der Waals surface area contributed by atoms with Gasteiger partial charge in [-0.15, -0.1) is 0 Å². The van der Waals surface area contributed by atoms with E-state index in [-0.39, 0.29) is 23.6 Å². The molecule has 0 bridgehead atoms. The van der Waals surface area contributed by atoms with Gasteiger partial charge >= 0.3 is 11.9 Å². The second-order valence-electron chi connectivity index (χ2n) is 19.1. The van der Waals surface area contributed by atoms with Crippen LogP contribution >= 0.6 is 0 Å². The summed E-state index contributed by atoms with van der Waals surface area (Å²) in [5.74, 6) is 3.99. The van der Waals surface area contributed by atoms with Gasteiger partial charge in [0.05, 0.1) is 12.7 Å².